The standard InChI is InChI=1S/C10H11NO3/c1-6-9(14-6)10(13)11-7-4-2-3-5-8(7)12/h2-6,9,12H,1H3,(H,11,13)/t6-,9-/m1/s1. The van der Waals surface area contributed by atoms with Crippen molar-refractivity contribution in [3.8, 4) is 5.75 Å². The third-order valence-corrected chi connectivity index (χ3v) is 2.13. The third kappa shape index (κ3) is 1.70. The van der Waals surface area contributed by atoms with Gasteiger partial charge in [0.1, 0.15) is 5.75 Å². The molecule has 1 aromatic rings. The van der Waals surface area contributed by atoms with E-state index in [1.54, 1.807) is 18.2 Å². The van der Waals surface area contributed by atoms with E-state index in [1.165, 1.54) is 6.07 Å². The fourth-order valence-electron chi connectivity index (χ4n) is 1.24. The van der Waals surface area contributed by atoms with Crippen LogP contribution in [0.25, 0.3) is 0 Å². The molecule has 2 atom stereocenters. The molecule has 14 heavy (non-hydrogen) atoms. The molecule has 0 aliphatic carbocycles. The summed E-state index contributed by atoms with van der Waals surface area (Å²) >= 11 is 0. The number of epoxide rings is 1. The summed E-state index contributed by atoms with van der Waals surface area (Å²) in [7, 11) is 0. The highest BCUT2D eigenvalue weighted by Gasteiger charge is 2.41. The highest BCUT2D eigenvalue weighted by atomic mass is 16.6. The number of ether oxygens (including phenoxy) is 1. The fraction of sp³-hybridized carbons (Fsp3) is 0.300. The minimum atomic E-state index is -0.366. The van der Waals surface area contributed by atoms with E-state index in [0.29, 0.717) is 5.69 Å². The highest BCUT2D eigenvalue weighted by Crippen LogP contribution is 2.26. The molecule has 1 heterocycles. The van der Waals surface area contributed by atoms with E-state index < -0.39 is 0 Å². The van der Waals surface area contributed by atoms with E-state index in [1.807, 2.05) is 6.92 Å². The summed E-state index contributed by atoms with van der Waals surface area (Å²) in [4.78, 5) is 11.4. The van der Waals surface area contributed by atoms with Gasteiger partial charge in [0, 0.05) is 0 Å². The molecule has 0 radical (unpaired) electrons. The fourth-order valence-corrected chi connectivity index (χ4v) is 1.24. The molecule has 74 valence electrons. The number of rotatable bonds is 2. The Hall–Kier alpha value is -1.55. The molecule has 0 spiro atoms. The first-order chi connectivity index (χ1) is 6.68. The van der Waals surface area contributed by atoms with Crippen molar-refractivity contribution < 1.29 is 14.6 Å². The van der Waals surface area contributed by atoms with Gasteiger partial charge in [-0.05, 0) is 19.1 Å². The quantitative estimate of drug-likeness (QED) is 0.546. The van der Waals surface area contributed by atoms with E-state index in [-0.39, 0.29) is 23.9 Å². The molecular formula is C10H11NO3. The van der Waals surface area contributed by atoms with Gasteiger partial charge in [-0.3, -0.25) is 4.79 Å². The molecule has 2 rings (SSSR count). The minimum Gasteiger partial charge on any atom is -0.506 e. The first-order valence-electron chi connectivity index (χ1n) is 4.43. The second kappa shape index (κ2) is 3.31. The van der Waals surface area contributed by atoms with E-state index in [9.17, 15) is 9.90 Å². The van der Waals surface area contributed by atoms with Gasteiger partial charge < -0.3 is 15.2 Å². The Labute approximate surface area is 81.5 Å². The highest BCUT2D eigenvalue weighted by molar-refractivity contribution is 5.97. The molecule has 1 aliphatic rings. The van der Waals surface area contributed by atoms with E-state index in [0.717, 1.165) is 0 Å². The molecule has 0 bridgehead atoms. The normalized spacial score (nSPS) is 24.4. The van der Waals surface area contributed by atoms with Crippen LogP contribution in [0.3, 0.4) is 0 Å². The minimum absolute atomic E-state index is 0.0131. The summed E-state index contributed by atoms with van der Waals surface area (Å²) in [5, 5.41) is 12.0. The molecule has 0 unspecified atom stereocenters. The second-order valence-electron chi connectivity index (χ2n) is 3.27. The van der Waals surface area contributed by atoms with Gasteiger partial charge in [0.2, 0.25) is 0 Å². The Morgan fingerprint density at radius 3 is 2.71 bits per heavy atom. The van der Waals surface area contributed by atoms with Crippen LogP contribution < -0.4 is 5.32 Å². The van der Waals surface area contributed by atoms with E-state index in [4.69, 9.17) is 4.74 Å². The Morgan fingerprint density at radius 1 is 1.50 bits per heavy atom. The number of phenols is 1. The van der Waals surface area contributed by atoms with Crippen molar-refractivity contribution in [1.29, 1.82) is 0 Å². The number of nitrogens with one attached hydrogen (secondary N) is 1. The Balaban J connectivity index is 2.04. The molecule has 1 fully saturated rings. The zero-order chi connectivity index (χ0) is 10.1. The first-order valence-corrected chi connectivity index (χ1v) is 4.43. The lowest BCUT2D eigenvalue weighted by molar-refractivity contribution is -0.117. The van der Waals surface area contributed by atoms with Gasteiger partial charge >= 0.3 is 0 Å². The topological polar surface area (TPSA) is 61.9 Å². The number of carbonyl (C=O) groups excluding carboxylic acids is 1. The van der Waals surface area contributed by atoms with Crippen LogP contribution in [0.15, 0.2) is 24.3 Å². The van der Waals surface area contributed by atoms with Crippen molar-refractivity contribution >= 4 is 11.6 Å². The third-order valence-electron chi connectivity index (χ3n) is 2.13. The summed E-state index contributed by atoms with van der Waals surface area (Å²) in [6, 6.07) is 6.60. The largest absolute Gasteiger partial charge is 0.506 e. The van der Waals surface area contributed by atoms with E-state index >= 15 is 0 Å². The summed E-state index contributed by atoms with van der Waals surface area (Å²) < 4.78 is 5.00. The lowest BCUT2D eigenvalue weighted by Crippen LogP contribution is -2.19. The predicted molar refractivity (Wildman–Crippen MR) is 51.1 cm³/mol. The maximum absolute atomic E-state index is 11.4. The maximum Gasteiger partial charge on any atom is 0.256 e. The van der Waals surface area contributed by atoms with Crippen LogP contribution in [0.1, 0.15) is 6.92 Å². The molecule has 0 saturated carbocycles. The van der Waals surface area contributed by atoms with E-state index in [2.05, 4.69) is 5.32 Å². The average molecular weight is 193 g/mol. The van der Waals surface area contributed by atoms with Crippen LogP contribution in [0.4, 0.5) is 5.69 Å². The van der Waals surface area contributed by atoms with Gasteiger partial charge in [-0.2, -0.15) is 0 Å². The van der Waals surface area contributed by atoms with Crippen LogP contribution in [-0.2, 0) is 9.53 Å². The molecule has 1 aromatic carbocycles. The summed E-state index contributed by atoms with van der Waals surface area (Å²) in [5.74, 6) is -0.145. The van der Waals surface area contributed by atoms with Crippen molar-refractivity contribution in [1.82, 2.24) is 0 Å². The molecular weight excluding hydrogens is 182 g/mol. The van der Waals surface area contributed by atoms with Gasteiger partial charge in [0.25, 0.3) is 5.91 Å². The number of aromatic hydroxyl groups is 1. The number of phenolic OH excluding ortho intramolecular Hbond substituents is 1. The zero-order valence-corrected chi connectivity index (χ0v) is 7.73. The number of carbonyl (C=O) groups is 1. The van der Waals surface area contributed by atoms with Gasteiger partial charge in [-0.25, -0.2) is 0 Å². The first kappa shape index (κ1) is 9.02. The Bertz CT molecular complexity index is 364. The molecule has 4 nitrogen and oxygen atoms in total. The number of hydrogen-bond acceptors (Lipinski definition) is 3. The zero-order valence-electron chi connectivity index (χ0n) is 7.73. The molecule has 1 amide bonds. The Morgan fingerprint density at radius 2 is 2.14 bits per heavy atom. The smallest absolute Gasteiger partial charge is 0.256 e. The summed E-state index contributed by atoms with van der Waals surface area (Å²) in [5.41, 5.74) is 0.417. The molecule has 1 aliphatic heterocycles. The summed E-state index contributed by atoms with van der Waals surface area (Å²) in [6.07, 6.45) is -0.379. The number of hydrogen-bond donors (Lipinski definition) is 2. The van der Waals surface area contributed by atoms with Crippen molar-refractivity contribution in [2.75, 3.05) is 5.32 Å². The second-order valence-corrected chi connectivity index (χ2v) is 3.27. The van der Waals surface area contributed by atoms with Crippen LogP contribution in [0.2, 0.25) is 0 Å². The van der Waals surface area contributed by atoms with Crippen LogP contribution >= 0.6 is 0 Å². The predicted octanol–water partition coefficient (Wildman–Crippen LogP) is 1.12. The SMILES string of the molecule is C[C@H]1O[C@H]1C(=O)Nc1ccccc1O. The van der Waals surface area contributed by atoms with Gasteiger partial charge in [0.15, 0.2) is 6.10 Å². The lowest BCUT2D eigenvalue weighted by atomic mass is 10.2. The number of benzene rings is 1. The number of para-hydroxylation sites is 2. The Kier molecular flexibility index (Phi) is 2.13. The lowest BCUT2D eigenvalue weighted by Gasteiger charge is -2.04. The monoisotopic (exact) mass is 193 g/mol. The van der Waals surface area contributed by atoms with Crippen molar-refractivity contribution in [2.24, 2.45) is 0 Å². The number of amides is 1. The maximum atomic E-state index is 11.4. The molecule has 0 aromatic heterocycles. The van der Waals surface area contributed by atoms with Gasteiger partial charge in [-0.1, -0.05) is 12.1 Å². The molecule has 4 heteroatoms. The van der Waals surface area contributed by atoms with Crippen LogP contribution in [0.5, 0.6) is 5.75 Å². The van der Waals surface area contributed by atoms with Crippen LogP contribution in [-0.4, -0.2) is 23.2 Å². The number of anilines is 1. The van der Waals surface area contributed by atoms with Gasteiger partial charge in [0.05, 0.1) is 11.8 Å². The summed E-state index contributed by atoms with van der Waals surface area (Å²) in [6.45, 7) is 1.83. The van der Waals surface area contributed by atoms with Crippen molar-refractivity contribution in [3.63, 3.8) is 0 Å². The van der Waals surface area contributed by atoms with Crippen molar-refractivity contribution in [2.45, 2.75) is 19.1 Å². The van der Waals surface area contributed by atoms with Crippen molar-refractivity contribution in [3.05, 3.63) is 24.3 Å². The molecule has 2 N–H and O–H groups in total. The van der Waals surface area contributed by atoms with Crippen LogP contribution in [0, 0.1) is 0 Å². The van der Waals surface area contributed by atoms with Gasteiger partial charge in [-0.15, -0.1) is 0 Å². The molecule has 1 saturated heterocycles. The average Bonchev–Trinajstić information content (AvgIpc) is 2.87.